The quantitative estimate of drug-likeness (QED) is 0.203. The van der Waals surface area contributed by atoms with E-state index in [2.05, 4.69) is 42.5 Å². The normalized spacial score (nSPS) is 19.1. The molecule has 41 heavy (non-hydrogen) atoms. The zero-order valence-corrected chi connectivity index (χ0v) is 25.7. The van der Waals surface area contributed by atoms with E-state index in [9.17, 15) is 0 Å². The van der Waals surface area contributed by atoms with E-state index in [4.69, 9.17) is 28.4 Å². The van der Waals surface area contributed by atoms with Gasteiger partial charge in [0, 0.05) is 12.8 Å². The number of rotatable bonds is 13. The van der Waals surface area contributed by atoms with Gasteiger partial charge in [-0.05, 0) is 34.4 Å². The van der Waals surface area contributed by atoms with E-state index in [0.29, 0.717) is 32.7 Å². The molecule has 0 aliphatic carbocycles. The molecule has 3 atom stereocenters. The van der Waals surface area contributed by atoms with E-state index in [1.165, 1.54) is 0 Å². The first kappa shape index (κ1) is 32.5. The van der Waals surface area contributed by atoms with Crippen molar-refractivity contribution in [1.29, 1.82) is 0 Å². The lowest BCUT2D eigenvalue weighted by Crippen LogP contribution is -2.10. The van der Waals surface area contributed by atoms with E-state index in [-0.39, 0.29) is 18.3 Å². The second-order valence-corrected chi connectivity index (χ2v) is 9.27. The first-order valence-electron chi connectivity index (χ1n) is 15.3. The molecule has 6 nitrogen and oxygen atoms in total. The topological polar surface area (TPSA) is 65.3 Å². The second-order valence-electron chi connectivity index (χ2n) is 9.27. The maximum absolute atomic E-state index is 6.39. The Morgan fingerprint density at radius 3 is 1.22 bits per heavy atom. The molecule has 0 amide bonds. The average Bonchev–Trinajstić information content (AvgIpc) is 3.88. The van der Waals surface area contributed by atoms with Gasteiger partial charge in [0.05, 0.1) is 19.8 Å². The number of hydrogen-bond donors (Lipinski definition) is 0. The largest absolute Gasteiger partial charge is 0.490 e. The molecule has 3 aromatic rings. The third-order valence-corrected chi connectivity index (χ3v) is 6.36. The molecule has 0 saturated carbocycles. The van der Waals surface area contributed by atoms with Gasteiger partial charge in [0.15, 0.2) is 0 Å². The zero-order valence-electron chi connectivity index (χ0n) is 25.7. The zero-order chi connectivity index (χ0) is 29.5. The maximum Gasteiger partial charge on any atom is 0.126 e. The highest BCUT2D eigenvalue weighted by molar-refractivity contribution is 5.49. The van der Waals surface area contributed by atoms with Crippen LogP contribution < -0.4 is 14.2 Å². The Hall–Kier alpha value is -3.06. The molecule has 3 aliphatic heterocycles. The van der Waals surface area contributed by atoms with Gasteiger partial charge in [-0.2, -0.15) is 0 Å². The van der Waals surface area contributed by atoms with Crippen LogP contribution in [-0.2, 0) is 27.1 Å². The monoisotopic (exact) mass is 564 g/mol. The van der Waals surface area contributed by atoms with Gasteiger partial charge >= 0.3 is 0 Å². The summed E-state index contributed by atoms with van der Waals surface area (Å²) >= 11 is 0. The summed E-state index contributed by atoms with van der Waals surface area (Å²) in [5, 5.41) is 0. The highest BCUT2D eigenvalue weighted by Crippen LogP contribution is 2.33. The number of benzene rings is 3. The third-order valence-electron chi connectivity index (χ3n) is 6.36. The first-order chi connectivity index (χ1) is 20.3. The summed E-state index contributed by atoms with van der Waals surface area (Å²) in [4.78, 5) is 0. The van der Waals surface area contributed by atoms with E-state index in [1.54, 1.807) is 0 Å². The second kappa shape index (κ2) is 17.7. The van der Waals surface area contributed by atoms with Gasteiger partial charge in [-0.15, -0.1) is 0 Å². The molecule has 6 heteroatoms. The van der Waals surface area contributed by atoms with Crippen LogP contribution in [0.1, 0.15) is 63.8 Å². The van der Waals surface area contributed by atoms with Crippen molar-refractivity contribution in [2.75, 3.05) is 39.6 Å². The fourth-order valence-corrected chi connectivity index (χ4v) is 4.13. The first-order valence-corrected chi connectivity index (χ1v) is 15.3. The van der Waals surface area contributed by atoms with Gasteiger partial charge in [-0.3, -0.25) is 0 Å². The SMILES string of the molecule is CC.CC.CC.c1ccc(OCC2CO2)c(Cc2cccc(Cc3ccccc3OCC3CO3)c2OCC2CO2)c1. The number of epoxide rings is 3. The molecular weight excluding hydrogens is 516 g/mol. The minimum Gasteiger partial charge on any atom is -0.490 e. The van der Waals surface area contributed by atoms with Crippen LogP contribution in [0.5, 0.6) is 17.2 Å². The highest BCUT2D eigenvalue weighted by atomic mass is 16.6. The molecule has 0 spiro atoms. The molecule has 6 rings (SSSR count). The molecule has 3 unspecified atom stereocenters. The van der Waals surface area contributed by atoms with Crippen molar-refractivity contribution in [2.45, 2.75) is 72.7 Å². The lowest BCUT2D eigenvalue weighted by Gasteiger charge is -2.18. The van der Waals surface area contributed by atoms with Crippen molar-refractivity contribution in [1.82, 2.24) is 0 Å². The van der Waals surface area contributed by atoms with E-state index >= 15 is 0 Å². The Labute approximate surface area is 246 Å². The van der Waals surface area contributed by atoms with Crippen LogP contribution in [0.15, 0.2) is 66.7 Å². The van der Waals surface area contributed by atoms with Crippen LogP contribution in [-0.4, -0.2) is 58.0 Å². The highest BCUT2D eigenvalue weighted by Gasteiger charge is 2.26. The lowest BCUT2D eigenvalue weighted by molar-refractivity contribution is 0.257. The summed E-state index contributed by atoms with van der Waals surface area (Å²) in [5.74, 6) is 2.71. The van der Waals surface area contributed by atoms with Gasteiger partial charge in [0.1, 0.15) is 55.4 Å². The van der Waals surface area contributed by atoms with Gasteiger partial charge in [0.25, 0.3) is 0 Å². The third kappa shape index (κ3) is 10.7. The Bertz CT molecular complexity index is 1070. The molecule has 3 aromatic carbocycles. The molecule has 0 bridgehead atoms. The van der Waals surface area contributed by atoms with Crippen molar-refractivity contribution in [2.24, 2.45) is 0 Å². The lowest BCUT2D eigenvalue weighted by atomic mass is 9.96. The Kier molecular flexibility index (Phi) is 14.0. The smallest absolute Gasteiger partial charge is 0.126 e. The van der Waals surface area contributed by atoms with E-state index in [0.717, 1.165) is 59.3 Å². The van der Waals surface area contributed by atoms with Crippen molar-refractivity contribution in [3.8, 4) is 17.2 Å². The Balaban J connectivity index is 0.000000725. The summed E-state index contributed by atoms with van der Waals surface area (Å²) in [7, 11) is 0. The van der Waals surface area contributed by atoms with Crippen LogP contribution in [0.3, 0.4) is 0 Å². The van der Waals surface area contributed by atoms with Crippen molar-refractivity contribution >= 4 is 0 Å². The van der Waals surface area contributed by atoms with Crippen molar-refractivity contribution in [3.05, 3.63) is 89.0 Å². The number of hydrogen-bond acceptors (Lipinski definition) is 6. The molecule has 0 radical (unpaired) electrons. The Morgan fingerprint density at radius 1 is 0.488 bits per heavy atom. The van der Waals surface area contributed by atoms with Gasteiger partial charge in [-0.25, -0.2) is 0 Å². The van der Waals surface area contributed by atoms with E-state index < -0.39 is 0 Å². The van der Waals surface area contributed by atoms with Crippen molar-refractivity contribution in [3.63, 3.8) is 0 Å². The van der Waals surface area contributed by atoms with Crippen LogP contribution in [0.25, 0.3) is 0 Å². The summed E-state index contributed by atoms with van der Waals surface area (Å²) in [6.07, 6.45) is 2.05. The van der Waals surface area contributed by atoms with Gasteiger partial charge in [0.2, 0.25) is 0 Å². The molecular formula is C35H48O6. The summed E-state index contributed by atoms with van der Waals surface area (Å²) in [5.41, 5.74) is 4.52. The maximum atomic E-state index is 6.39. The van der Waals surface area contributed by atoms with Crippen LogP contribution in [0.2, 0.25) is 0 Å². The summed E-state index contributed by atoms with van der Waals surface area (Å²) in [6, 6.07) is 22.8. The van der Waals surface area contributed by atoms with E-state index in [1.807, 2.05) is 65.8 Å². The van der Waals surface area contributed by atoms with Gasteiger partial charge < -0.3 is 28.4 Å². The minimum atomic E-state index is 0.180. The number of para-hydroxylation sites is 3. The standard InChI is InChI=1S/C29H30O6.3C2H6/c1-3-10-27(33-17-24-14-30-24)20(6-1)12-22-8-5-9-23(29(22)35-19-26-16-32-26)13-21-7-2-4-11-28(21)34-18-25-15-31-25;3*1-2/h1-11,24-26H,12-19H2;3*1-2H3. The summed E-state index contributed by atoms with van der Waals surface area (Å²) in [6.45, 7) is 16.1. The Morgan fingerprint density at radius 2 is 0.829 bits per heavy atom. The predicted molar refractivity (Wildman–Crippen MR) is 165 cm³/mol. The molecule has 3 aliphatic rings. The molecule has 3 fully saturated rings. The average molecular weight is 565 g/mol. The summed E-state index contributed by atoms with van der Waals surface area (Å²) < 4.78 is 34.5. The molecule has 0 aromatic heterocycles. The molecule has 224 valence electrons. The van der Waals surface area contributed by atoms with Crippen LogP contribution in [0, 0.1) is 0 Å². The predicted octanol–water partition coefficient (Wildman–Crippen LogP) is 7.28. The molecule has 0 N–H and O–H groups in total. The van der Waals surface area contributed by atoms with Crippen molar-refractivity contribution < 1.29 is 28.4 Å². The fourth-order valence-electron chi connectivity index (χ4n) is 4.13. The molecule has 3 heterocycles. The number of ether oxygens (including phenoxy) is 6. The van der Waals surface area contributed by atoms with Gasteiger partial charge in [-0.1, -0.05) is 96.1 Å². The van der Waals surface area contributed by atoms with Crippen LogP contribution in [0.4, 0.5) is 0 Å². The van der Waals surface area contributed by atoms with Crippen LogP contribution >= 0.6 is 0 Å². The fraction of sp³-hybridized carbons (Fsp3) is 0.486. The minimum absolute atomic E-state index is 0.180. The molecule has 3 saturated heterocycles.